The zero-order valence-electron chi connectivity index (χ0n) is 13.2. The Labute approximate surface area is 140 Å². The molecule has 3 aliphatic rings. The van der Waals surface area contributed by atoms with Gasteiger partial charge in [0.25, 0.3) is 5.91 Å². The van der Waals surface area contributed by atoms with E-state index in [0.717, 1.165) is 5.56 Å². The Bertz CT molecular complexity index is 793. The zero-order valence-corrected chi connectivity index (χ0v) is 13.2. The second-order valence-corrected chi connectivity index (χ2v) is 5.92. The average molecular weight is 322 g/mol. The lowest BCUT2D eigenvalue weighted by molar-refractivity contribution is -0.127. The molecule has 24 heavy (non-hydrogen) atoms. The highest BCUT2D eigenvalue weighted by atomic mass is 16.3. The highest BCUT2D eigenvalue weighted by Gasteiger charge is 2.48. The zero-order chi connectivity index (χ0) is 17.3. The van der Waals surface area contributed by atoms with Gasteiger partial charge < -0.3 is 10.4 Å². The van der Waals surface area contributed by atoms with Gasteiger partial charge in [0.15, 0.2) is 0 Å². The van der Waals surface area contributed by atoms with Crippen molar-refractivity contribution in [3.63, 3.8) is 0 Å². The van der Waals surface area contributed by atoms with Crippen LogP contribution in [0.25, 0.3) is 17.2 Å². The maximum atomic E-state index is 11.7. The molecule has 3 N–H and O–H groups in total. The largest absolute Gasteiger partial charge is 0.385 e. The van der Waals surface area contributed by atoms with Gasteiger partial charge in [0, 0.05) is 0 Å². The van der Waals surface area contributed by atoms with Crippen molar-refractivity contribution in [3.05, 3.63) is 66.2 Å². The van der Waals surface area contributed by atoms with Crippen molar-refractivity contribution in [3.8, 4) is 11.1 Å². The molecule has 122 valence electrons. The Morgan fingerprint density at radius 2 is 1.67 bits per heavy atom. The predicted octanol–water partition coefficient (Wildman–Crippen LogP) is 2.63. The maximum Gasteiger partial charge on any atom is 0.322 e. The number of carbonyl (C=O) groups excluding carboxylic acids is 2. The van der Waals surface area contributed by atoms with Gasteiger partial charge in [0.2, 0.25) is 0 Å². The van der Waals surface area contributed by atoms with Crippen LogP contribution in [0.1, 0.15) is 24.2 Å². The van der Waals surface area contributed by atoms with Gasteiger partial charge in [0.1, 0.15) is 11.6 Å². The van der Waals surface area contributed by atoms with Crippen LogP contribution < -0.4 is 10.6 Å². The van der Waals surface area contributed by atoms with Gasteiger partial charge in [0.05, 0.1) is 0 Å². The minimum Gasteiger partial charge on any atom is -0.385 e. The lowest BCUT2D eigenvalue weighted by Gasteiger charge is -2.28. The number of aliphatic hydroxyl groups is 1. The lowest BCUT2D eigenvalue weighted by atomic mass is 9.87. The van der Waals surface area contributed by atoms with E-state index in [1.165, 1.54) is 18.1 Å². The Balaban J connectivity index is 0.000000231. The summed E-state index contributed by atoms with van der Waals surface area (Å²) in [6, 6.07) is 14.9. The smallest absolute Gasteiger partial charge is 0.322 e. The van der Waals surface area contributed by atoms with Crippen molar-refractivity contribution in [2.45, 2.75) is 18.6 Å². The standard InChI is InChI=1S/C13H14N2O3.C6H4/c1-3-8-6-4-5-7-9(8)10(16)13(2)11(17)14-12(18)15-13;1-2-6-4-3-5(1)6/h3-7,10,16H,1H2,2H3,(H2,14,15,17,18);1-4H. The SMILES string of the molecule is C=Cc1ccccc1C(O)C1(C)NC(=O)NC1=O.c1cc2ccc1-2. The molecule has 2 unspecified atom stereocenters. The minimum atomic E-state index is -1.36. The summed E-state index contributed by atoms with van der Waals surface area (Å²) in [6.07, 6.45) is 0.453. The molecule has 1 aliphatic heterocycles. The van der Waals surface area contributed by atoms with Crippen LogP contribution in [-0.4, -0.2) is 22.6 Å². The number of benzene rings is 2. The van der Waals surface area contributed by atoms with Crippen molar-refractivity contribution in [2.75, 3.05) is 0 Å². The number of amides is 3. The molecule has 2 atom stereocenters. The van der Waals surface area contributed by atoms with Gasteiger partial charge in [-0.05, 0) is 29.2 Å². The van der Waals surface area contributed by atoms with Crippen LogP contribution >= 0.6 is 0 Å². The highest BCUT2D eigenvalue weighted by molar-refractivity contribution is 6.07. The third-order valence-electron chi connectivity index (χ3n) is 4.35. The van der Waals surface area contributed by atoms with Crippen molar-refractivity contribution in [1.82, 2.24) is 10.6 Å². The Hall–Kier alpha value is -2.92. The van der Waals surface area contributed by atoms with Crippen LogP contribution in [0.2, 0.25) is 0 Å². The summed E-state index contributed by atoms with van der Waals surface area (Å²) < 4.78 is 0. The molecule has 1 aromatic rings. The van der Waals surface area contributed by atoms with Gasteiger partial charge >= 0.3 is 6.03 Å². The fraction of sp³-hybridized carbons (Fsp3) is 0.158. The van der Waals surface area contributed by atoms with Crippen LogP contribution in [0.4, 0.5) is 4.79 Å². The van der Waals surface area contributed by atoms with Crippen LogP contribution in [-0.2, 0) is 4.79 Å². The lowest BCUT2D eigenvalue weighted by Crippen LogP contribution is -2.49. The fourth-order valence-corrected chi connectivity index (χ4v) is 2.67. The van der Waals surface area contributed by atoms with Gasteiger partial charge in [-0.15, -0.1) is 0 Å². The molecule has 0 spiro atoms. The van der Waals surface area contributed by atoms with E-state index in [9.17, 15) is 14.7 Å². The fourth-order valence-electron chi connectivity index (χ4n) is 2.67. The molecular weight excluding hydrogens is 304 g/mol. The molecule has 0 bridgehead atoms. The molecular formula is C19H18N2O3. The third-order valence-corrected chi connectivity index (χ3v) is 4.35. The van der Waals surface area contributed by atoms with Crippen LogP contribution in [0.5, 0.6) is 0 Å². The maximum absolute atomic E-state index is 11.7. The Morgan fingerprint density at radius 1 is 1.08 bits per heavy atom. The summed E-state index contributed by atoms with van der Waals surface area (Å²) in [4.78, 5) is 22.9. The Morgan fingerprint density at radius 3 is 2.08 bits per heavy atom. The van der Waals surface area contributed by atoms with E-state index in [-0.39, 0.29) is 0 Å². The van der Waals surface area contributed by atoms with Crippen molar-refractivity contribution in [2.24, 2.45) is 0 Å². The number of carbonyl (C=O) groups is 2. The summed E-state index contributed by atoms with van der Waals surface area (Å²) in [5.74, 6) is -0.543. The minimum absolute atomic E-state index is 0.543. The van der Waals surface area contributed by atoms with E-state index in [1.54, 1.807) is 24.3 Å². The number of aliphatic hydroxyl groups excluding tert-OH is 1. The summed E-state index contributed by atoms with van der Waals surface area (Å²) in [6.45, 7) is 5.14. The van der Waals surface area contributed by atoms with Gasteiger partial charge in [-0.3, -0.25) is 10.1 Å². The first kappa shape index (κ1) is 16.0. The van der Waals surface area contributed by atoms with E-state index in [4.69, 9.17) is 0 Å². The molecule has 0 radical (unpaired) electrons. The molecule has 4 rings (SSSR count). The van der Waals surface area contributed by atoms with Crippen LogP contribution in [0.3, 0.4) is 0 Å². The van der Waals surface area contributed by atoms with Gasteiger partial charge in [-0.25, -0.2) is 4.79 Å². The average Bonchev–Trinajstić information content (AvgIpc) is 2.84. The molecule has 3 amide bonds. The topological polar surface area (TPSA) is 78.4 Å². The summed E-state index contributed by atoms with van der Waals surface area (Å²) >= 11 is 0. The number of urea groups is 1. The number of hydrogen-bond donors (Lipinski definition) is 3. The van der Waals surface area contributed by atoms with Crippen LogP contribution in [0, 0.1) is 0 Å². The number of fused-ring (bicyclic) bond motifs is 1. The van der Waals surface area contributed by atoms with E-state index in [0.29, 0.717) is 5.56 Å². The molecule has 1 fully saturated rings. The number of nitrogens with one attached hydrogen (secondary N) is 2. The van der Waals surface area contributed by atoms with Crippen molar-refractivity contribution in [1.29, 1.82) is 0 Å². The third kappa shape index (κ3) is 2.59. The number of rotatable bonds is 3. The number of imide groups is 1. The van der Waals surface area contributed by atoms with E-state index in [1.807, 2.05) is 6.07 Å². The quantitative estimate of drug-likeness (QED) is 0.649. The summed E-state index contributed by atoms with van der Waals surface area (Å²) in [5, 5.41) is 14.9. The molecule has 5 nitrogen and oxygen atoms in total. The van der Waals surface area contributed by atoms with Crippen molar-refractivity contribution >= 4 is 18.0 Å². The van der Waals surface area contributed by atoms with E-state index in [2.05, 4.69) is 41.5 Å². The first-order valence-electron chi connectivity index (χ1n) is 7.59. The molecule has 1 saturated heterocycles. The molecule has 0 aromatic heterocycles. The van der Waals surface area contributed by atoms with E-state index < -0.39 is 23.6 Å². The second kappa shape index (κ2) is 5.94. The highest BCUT2D eigenvalue weighted by Crippen LogP contribution is 2.31. The predicted molar refractivity (Wildman–Crippen MR) is 92.0 cm³/mol. The van der Waals surface area contributed by atoms with Gasteiger partial charge in [-0.2, -0.15) is 0 Å². The van der Waals surface area contributed by atoms with Crippen molar-refractivity contribution < 1.29 is 14.7 Å². The van der Waals surface area contributed by atoms with Crippen LogP contribution in [0.15, 0.2) is 55.1 Å². The first-order chi connectivity index (χ1) is 11.5. The Kier molecular flexibility index (Phi) is 3.95. The monoisotopic (exact) mass is 322 g/mol. The van der Waals surface area contributed by atoms with Gasteiger partial charge in [-0.1, -0.05) is 61.2 Å². The second-order valence-electron chi connectivity index (χ2n) is 5.92. The molecule has 1 aromatic carbocycles. The normalized spacial score (nSPS) is 21.1. The number of hydrogen-bond acceptors (Lipinski definition) is 3. The molecule has 5 heteroatoms. The molecule has 0 saturated carbocycles. The first-order valence-corrected chi connectivity index (χ1v) is 7.59. The van der Waals surface area contributed by atoms with E-state index >= 15 is 0 Å². The summed E-state index contributed by atoms with van der Waals surface area (Å²) in [5.41, 5.74) is 2.76. The summed E-state index contributed by atoms with van der Waals surface area (Å²) in [7, 11) is 0. The molecule has 1 heterocycles. The molecule has 2 aliphatic carbocycles.